The zero-order valence-electron chi connectivity index (χ0n) is 8.83. The highest BCUT2D eigenvalue weighted by Crippen LogP contribution is 2.06. The van der Waals surface area contributed by atoms with E-state index in [4.69, 9.17) is 5.73 Å². The third kappa shape index (κ3) is 2.96. The van der Waals surface area contributed by atoms with Crippen LogP contribution in [0.5, 0.6) is 0 Å². The highest BCUT2D eigenvalue weighted by molar-refractivity contribution is 5.36. The fourth-order valence-electron chi connectivity index (χ4n) is 1.21. The van der Waals surface area contributed by atoms with Gasteiger partial charge in [0.15, 0.2) is 0 Å². The number of aryl methyl sites for hydroxylation is 1. The average Bonchev–Trinajstić information content (AvgIpc) is 2.26. The monoisotopic (exact) mass is 194 g/mol. The van der Waals surface area contributed by atoms with Crippen LogP contribution in [0.25, 0.3) is 0 Å². The van der Waals surface area contributed by atoms with Crippen LogP contribution >= 0.6 is 0 Å². The number of hydrogen-bond acceptors (Lipinski definition) is 4. The van der Waals surface area contributed by atoms with Crippen molar-refractivity contribution < 1.29 is 0 Å². The average molecular weight is 194 g/mol. The molecule has 0 radical (unpaired) electrons. The summed E-state index contributed by atoms with van der Waals surface area (Å²) in [5, 5.41) is 3.28. The topological polar surface area (TPSA) is 63.8 Å². The molecular formula is C10H18N4. The molecule has 0 saturated carbocycles. The first-order valence-electron chi connectivity index (χ1n) is 5.07. The Kier molecular flexibility index (Phi) is 4.32. The van der Waals surface area contributed by atoms with Crippen molar-refractivity contribution in [3.05, 3.63) is 18.1 Å². The molecule has 0 aliphatic rings. The largest absolute Gasteiger partial charge is 0.366 e. The quantitative estimate of drug-likeness (QED) is 0.739. The summed E-state index contributed by atoms with van der Waals surface area (Å²) in [6.45, 7) is 4.81. The Balaban J connectivity index is 2.65. The van der Waals surface area contributed by atoms with E-state index in [1.165, 1.54) is 0 Å². The highest BCUT2D eigenvalue weighted by Gasteiger charge is 2.04. The molecule has 0 aliphatic carbocycles. The summed E-state index contributed by atoms with van der Waals surface area (Å²) in [6.07, 6.45) is 3.52. The van der Waals surface area contributed by atoms with Crippen LogP contribution in [-0.4, -0.2) is 22.6 Å². The Hall–Kier alpha value is -1.16. The van der Waals surface area contributed by atoms with Crippen molar-refractivity contribution in [3.63, 3.8) is 0 Å². The molecule has 0 fully saturated rings. The van der Waals surface area contributed by atoms with Crippen molar-refractivity contribution in [2.75, 3.05) is 11.9 Å². The lowest BCUT2D eigenvalue weighted by Gasteiger charge is -2.15. The van der Waals surface area contributed by atoms with Gasteiger partial charge in [0.1, 0.15) is 12.1 Å². The van der Waals surface area contributed by atoms with Crippen molar-refractivity contribution >= 4 is 5.82 Å². The molecule has 1 atom stereocenters. The summed E-state index contributed by atoms with van der Waals surface area (Å²) in [6, 6.07) is 2.27. The lowest BCUT2D eigenvalue weighted by Crippen LogP contribution is -2.28. The first kappa shape index (κ1) is 10.9. The molecule has 1 rings (SSSR count). The Labute approximate surface area is 85.0 Å². The predicted molar refractivity (Wildman–Crippen MR) is 58.2 cm³/mol. The van der Waals surface area contributed by atoms with Gasteiger partial charge < -0.3 is 11.1 Å². The fraction of sp³-hybridized carbons (Fsp3) is 0.600. The summed E-state index contributed by atoms with van der Waals surface area (Å²) in [5.41, 5.74) is 6.65. The van der Waals surface area contributed by atoms with Gasteiger partial charge in [0.2, 0.25) is 0 Å². The van der Waals surface area contributed by atoms with Crippen LogP contribution in [-0.2, 0) is 6.42 Å². The maximum absolute atomic E-state index is 5.60. The molecule has 0 bridgehead atoms. The Morgan fingerprint density at radius 3 is 2.79 bits per heavy atom. The van der Waals surface area contributed by atoms with Crippen LogP contribution < -0.4 is 11.1 Å². The van der Waals surface area contributed by atoms with Crippen LogP contribution in [0.15, 0.2) is 12.4 Å². The lowest BCUT2D eigenvalue weighted by molar-refractivity contribution is 0.699. The molecule has 3 N–H and O–H groups in total. The molecule has 0 aromatic carbocycles. The van der Waals surface area contributed by atoms with Gasteiger partial charge in [0.25, 0.3) is 0 Å². The first-order chi connectivity index (χ1) is 6.80. The second-order valence-corrected chi connectivity index (χ2v) is 3.23. The second kappa shape index (κ2) is 5.54. The molecule has 78 valence electrons. The molecular weight excluding hydrogens is 176 g/mol. The minimum atomic E-state index is 0.301. The van der Waals surface area contributed by atoms with Gasteiger partial charge in [0, 0.05) is 24.3 Å². The zero-order valence-corrected chi connectivity index (χ0v) is 8.83. The van der Waals surface area contributed by atoms with Crippen LogP contribution in [0.4, 0.5) is 5.82 Å². The SMILES string of the molecule is CCc1cc(NC(CC)CN)ncn1. The van der Waals surface area contributed by atoms with Gasteiger partial charge in [-0.05, 0) is 12.8 Å². The number of nitrogens with one attached hydrogen (secondary N) is 1. The third-order valence-corrected chi connectivity index (χ3v) is 2.22. The third-order valence-electron chi connectivity index (χ3n) is 2.22. The number of hydrogen-bond donors (Lipinski definition) is 2. The molecule has 1 aromatic heterocycles. The normalized spacial score (nSPS) is 12.5. The van der Waals surface area contributed by atoms with Crippen molar-refractivity contribution in [1.29, 1.82) is 0 Å². The maximum atomic E-state index is 5.60. The molecule has 0 saturated heterocycles. The molecule has 4 heteroatoms. The van der Waals surface area contributed by atoms with Crippen LogP contribution in [0.3, 0.4) is 0 Å². The van der Waals surface area contributed by atoms with Gasteiger partial charge in [-0.1, -0.05) is 13.8 Å². The van der Waals surface area contributed by atoms with E-state index in [9.17, 15) is 0 Å². The zero-order chi connectivity index (χ0) is 10.4. The minimum absolute atomic E-state index is 0.301. The summed E-state index contributed by atoms with van der Waals surface area (Å²) in [4.78, 5) is 8.28. The van der Waals surface area contributed by atoms with E-state index in [1.807, 2.05) is 6.07 Å². The van der Waals surface area contributed by atoms with Gasteiger partial charge in [-0.3, -0.25) is 0 Å². The number of nitrogens with zero attached hydrogens (tertiary/aromatic N) is 2. The standard InChI is InChI=1S/C10H18N4/c1-3-8-5-10(13-7-12-8)14-9(4-2)6-11/h5,7,9H,3-4,6,11H2,1-2H3,(H,12,13,14). The van der Waals surface area contributed by atoms with E-state index < -0.39 is 0 Å². The Bertz CT molecular complexity index is 271. The molecule has 0 aliphatic heterocycles. The van der Waals surface area contributed by atoms with E-state index in [-0.39, 0.29) is 0 Å². The van der Waals surface area contributed by atoms with E-state index in [0.717, 1.165) is 24.4 Å². The van der Waals surface area contributed by atoms with E-state index >= 15 is 0 Å². The second-order valence-electron chi connectivity index (χ2n) is 3.23. The molecule has 0 spiro atoms. The van der Waals surface area contributed by atoms with Gasteiger partial charge in [-0.25, -0.2) is 9.97 Å². The Morgan fingerprint density at radius 2 is 2.21 bits per heavy atom. The van der Waals surface area contributed by atoms with Crippen LogP contribution in [0, 0.1) is 0 Å². The molecule has 14 heavy (non-hydrogen) atoms. The molecule has 4 nitrogen and oxygen atoms in total. The highest BCUT2D eigenvalue weighted by atomic mass is 15.0. The number of aromatic nitrogens is 2. The van der Waals surface area contributed by atoms with Gasteiger partial charge in [0.05, 0.1) is 0 Å². The summed E-state index contributed by atoms with van der Waals surface area (Å²) >= 11 is 0. The van der Waals surface area contributed by atoms with Crippen molar-refractivity contribution in [3.8, 4) is 0 Å². The molecule has 1 unspecified atom stereocenters. The van der Waals surface area contributed by atoms with E-state index in [2.05, 4.69) is 29.1 Å². The van der Waals surface area contributed by atoms with Crippen molar-refractivity contribution in [2.24, 2.45) is 5.73 Å². The maximum Gasteiger partial charge on any atom is 0.129 e. The van der Waals surface area contributed by atoms with Crippen molar-refractivity contribution in [1.82, 2.24) is 9.97 Å². The summed E-state index contributed by atoms with van der Waals surface area (Å²) in [5.74, 6) is 0.870. The van der Waals surface area contributed by atoms with Crippen LogP contribution in [0.1, 0.15) is 26.0 Å². The number of anilines is 1. The summed E-state index contributed by atoms with van der Waals surface area (Å²) < 4.78 is 0. The predicted octanol–water partition coefficient (Wildman–Crippen LogP) is 1.19. The number of nitrogens with two attached hydrogens (primary N) is 1. The van der Waals surface area contributed by atoms with Gasteiger partial charge in [-0.15, -0.1) is 0 Å². The molecule has 1 aromatic rings. The molecule has 0 amide bonds. The summed E-state index contributed by atoms with van der Waals surface area (Å²) in [7, 11) is 0. The smallest absolute Gasteiger partial charge is 0.129 e. The number of rotatable bonds is 5. The molecule has 1 heterocycles. The van der Waals surface area contributed by atoms with Crippen molar-refractivity contribution in [2.45, 2.75) is 32.7 Å². The van der Waals surface area contributed by atoms with E-state index in [0.29, 0.717) is 12.6 Å². The Morgan fingerprint density at radius 1 is 1.43 bits per heavy atom. The van der Waals surface area contributed by atoms with Gasteiger partial charge in [-0.2, -0.15) is 0 Å². The minimum Gasteiger partial charge on any atom is -0.366 e. The fourth-order valence-corrected chi connectivity index (χ4v) is 1.21. The first-order valence-corrected chi connectivity index (χ1v) is 5.07. The lowest BCUT2D eigenvalue weighted by atomic mass is 10.2. The van der Waals surface area contributed by atoms with Crippen LogP contribution in [0.2, 0.25) is 0 Å². The van der Waals surface area contributed by atoms with Gasteiger partial charge >= 0.3 is 0 Å². The van der Waals surface area contributed by atoms with E-state index in [1.54, 1.807) is 6.33 Å².